The van der Waals surface area contributed by atoms with E-state index in [0.717, 1.165) is 17.7 Å². The van der Waals surface area contributed by atoms with Crippen molar-refractivity contribution in [1.29, 1.82) is 0 Å². The molecule has 0 bridgehead atoms. The average Bonchev–Trinajstić information content (AvgIpc) is 2.98. The molecule has 2 saturated heterocycles. The summed E-state index contributed by atoms with van der Waals surface area (Å²) in [4.78, 5) is 37.9. The number of carbonyl (C=O) groups excluding carboxylic acids is 3. The maximum atomic E-state index is 12.4. The van der Waals surface area contributed by atoms with Gasteiger partial charge in [-0.1, -0.05) is 81.4 Å². The molecule has 0 saturated carbocycles. The molecule has 4 atom stereocenters. The topological polar surface area (TPSA) is 125 Å². The summed E-state index contributed by atoms with van der Waals surface area (Å²) in [5, 5.41) is 23.1. The first-order valence-corrected chi connectivity index (χ1v) is 15.2. The lowest BCUT2D eigenvalue weighted by molar-refractivity contribution is -0.150. The van der Waals surface area contributed by atoms with Crippen LogP contribution >= 0.6 is 12.4 Å². The largest absolute Gasteiger partial charge is 0.461 e. The van der Waals surface area contributed by atoms with Gasteiger partial charge in [0.05, 0.1) is 25.0 Å². The van der Waals surface area contributed by atoms with Crippen LogP contribution in [0.1, 0.15) is 64.0 Å². The minimum absolute atomic E-state index is 0. The number of hydrogen-bond acceptors (Lipinski definition) is 8. The summed E-state index contributed by atoms with van der Waals surface area (Å²) in [5.41, 5.74) is 1.84. The molecule has 3 N–H and O–H groups in total. The smallest absolute Gasteiger partial charge is 0.306 e. The molecule has 2 heterocycles. The highest BCUT2D eigenvalue weighted by Crippen LogP contribution is 2.25. The molecule has 0 aromatic heterocycles. The van der Waals surface area contributed by atoms with Crippen molar-refractivity contribution in [3.05, 3.63) is 71.8 Å². The van der Waals surface area contributed by atoms with Crippen LogP contribution in [0.2, 0.25) is 0 Å². The number of nitrogens with one attached hydrogen (secondary N) is 1. The number of halogens is 1. The Labute approximate surface area is 267 Å². The zero-order chi connectivity index (χ0) is 31.2. The molecule has 9 nitrogen and oxygen atoms in total. The SMILES string of the molecule is CC(C)(C)CC(=O)N1CC[C@H](O)[C@@H](CC(=O)OCc2ccccc2)C1.Cl.O=C(C[C@H]1CNCC[C@@H]1O)OCc1ccccc1. The second-order valence-corrected chi connectivity index (χ2v) is 12.7. The number of piperidine rings is 2. The molecule has 2 fully saturated rings. The third-order valence-corrected chi connectivity index (χ3v) is 7.64. The molecule has 0 unspecified atom stereocenters. The fraction of sp³-hybridized carbons (Fsp3) is 0.559. The Morgan fingerprint density at radius 3 is 1.82 bits per heavy atom. The number of esters is 2. The second-order valence-electron chi connectivity index (χ2n) is 12.7. The van der Waals surface area contributed by atoms with Gasteiger partial charge in [0.25, 0.3) is 0 Å². The molecule has 2 aromatic carbocycles. The first kappa shape index (κ1) is 37.2. The van der Waals surface area contributed by atoms with E-state index in [9.17, 15) is 24.6 Å². The lowest BCUT2D eigenvalue weighted by Crippen LogP contribution is -2.47. The fourth-order valence-corrected chi connectivity index (χ4v) is 5.15. The van der Waals surface area contributed by atoms with Gasteiger partial charge in [0.2, 0.25) is 5.91 Å². The zero-order valence-corrected chi connectivity index (χ0v) is 27.0. The van der Waals surface area contributed by atoms with E-state index in [0.29, 0.717) is 45.5 Å². The van der Waals surface area contributed by atoms with Crippen LogP contribution in [0.3, 0.4) is 0 Å². The summed E-state index contributed by atoms with van der Waals surface area (Å²) in [7, 11) is 0. The number of hydrogen-bond donors (Lipinski definition) is 3. The number of carbonyl (C=O) groups is 3. The molecule has 4 rings (SSSR count). The van der Waals surface area contributed by atoms with Crippen LogP contribution in [0.4, 0.5) is 0 Å². The Bertz CT molecular complexity index is 1140. The van der Waals surface area contributed by atoms with Gasteiger partial charge in [0.1, 0.15) is 13.2 Å². The molecule has 10 heteroatoms. The molecule has 0 spiro atoms. The number of benzene rings is 2. The third-order valence-electron chi connectivity index (χ3n) is 7.64. The predicted molar refractivity (Wildman–Crippen MR) is 171 cm³/mol. The quantitative estimate of drug-likeness (QED) is 0.350. The van der Waals surface area contributed by atoms with Gasteiger partial charge in [-0.15, -0.1) is 12.4 Å². The first-order chi connectivity index (χ1) is 20.5. The lowest BCUT2D eigenvalue weighted by Gasteiger charge is -2.37. The molecule has 1 amide bonds. The third kappa shape index (κ3) is 13.8. The van der Waals surface area contributed by atoms with Crippen molar-refractivity contribution >= 4 is 30.3 Å². The van der Waals surface area contributed by atoms with Crippen molar-refractivity contribution in [2.24, 2.45) is 17.3 Å². The summed E-state index contributed by atoms with van der Waals surface area (Å²) in [5.74, 6) is -0.783. The number of aliphatic hydroxyl groups is 2. The number of amides is 1. The van der Waals surface area contributed by atoms with E-state index in [1.54, 1.807) is 4.90 Å². The van der Waals surface area contributed by atoms with Gasteiger partial charge < -0.3 is 29.9 Å². The van der Waals surface area contributed by atoms with E-state index in [2.05, 4.69) is 5.32 Å². The molecule has 2 aromatic rings. The Kier molecular flexibility index (Phi) is 15.8. The minimum Gasteiger partial charge on any atom is -0.461 e. The highest BCUT2D eigenvalue weighted by atomic mass is 35.5. The van der Waals surface area contributed by atoms with E-state index in [-0.39, 0.29) is 67.0 Å². The van der Waals surface area contributed by atoms with Crippen LogP contribution in [0, 0.1) is 17.3 Å². The van der Waals surface area contributed by atoms with E-state index < -0.39 is 12.2 Å². The van der Waals surface area contributed by atoms with E-state index in [1.165, 1.54) is 0 Å². The number of likely N-dealkylation sites (tertiary alicyclic amines) is 1. The molecule has 2 aliphatic heterocycles. The number of aliphatic hydroxyl groups excluding tert-OH is 2. The predicted octanol–water partition coefficient (Wildman–Crippen LogP) is 4.28. The summed E-state index contributed by atoms with van der Waals surface area (Å²) >= 11 is 0. The number of ether oxygens (including phenoxy) is 2. The zero-order valence-electron chi connectivity index (χ0n) is 26.2. The highest BCUT2D eigenvalue weighted by molar-refractivity contribution is 5.85. The van der Waals surface area contributed by atoms with Crippen LogP contribution in [0.5, 0.6) is 0 Å². The average molecular weight is 633 g/mol. The van der Waals surface area contributed by atoms with Crippen molar-refractivity contribution in [2.75, 3.05) is 26.2 Å². The Hall–Kier alpha value is -2.98. The van der Waals surface area contributed by atoms with Gasteiger partial charge in [-0.2, -0.15) is 0 Å². The normalized spacial score (nSPS) is 21.6. The molecular formula is C34H49ClN2O7. The van der Waals surface area contributed by atoms with Crippen molar-refractivity contribution in [1.82, 2.24) is 10.2 Å². The Morgan fingerprint density at radius 1 is 0.818 bits per heavy atom. The van der Waals surface area contributed by atoms with Crippen LogP contribution in [-0.4, -0.2) is 71.3 Å². The monoisotopic (exact) mass is 632 g/mol. The Morgan fingerprint density at radius 2 is 1.32 bits per heavy atom. The van der Waals surface area contributed by atoms with Crippen molar-refractivity contribution in [2.45, 2.75) is 78.3 Å². The molecule has 244 valence electrons. The molecule has 0 radical (unpaired) electrons. The van der Waals surface area contributed by atoms with Gasteiger partial charge in [0, 0.05) is 37.9 Å². The van der Waals surface area contributed by atoms with Crippen molar-refractivity contribution < 1.29 is 34.1 Å². The minimum atomic E-state index is -0.567. The van der Waals surface area contributed by atoms with Crippen molar-refractivity contribution in [3.8, 4) is 0 Å². The van der Waals surface area contributed by atoms with Gasteiger partial charge in [0.15, 0.2) is 0 Å². The summed E-state index contributed by atoms with van der Waals surface area (Å²) in [6, 6.07) is 19.1. The standard InChI is InChI=1S/C20H29NO4.C14H19NO3.ClH/c1-20(2,3)12-18(23)21-10-9-17(22)16(13-21)11-19(24)25-14-15-7-5-4-6-8-15;16-13-6-7-15-9-12(13)8-14(17)18-10-11-4-2-1-3-5-11;/h4-8,16-17,22H,9-14H2,1-3H3;1-5,12-13,15-16H,6-10H2;1H/t16-,17-;12-,13-;/m00./s1. The van der Waals surface area contributed by atoms with Gasteiger partial charge in [-0.3, -0.25) is 14.4 Å². The Balaban J connectivity index is 0.000000315. The molecule has 0 aliphatic carbocycles. The van der Waals surface area contributed by atoms with Gasteiger partial charge in [-0.25, -0.2) is 0 Å². The fourth-order valence-electron chi connectivity index (χ4n) is 5.15. The first-order valence-electron chi connectivity index (χ1n) is 15.2. The van der Waals surface area contributed by atoms with Crippen LogP contribution in [0.15, 0.2) is 60.7 Å². The van der Waals surface area contributed by atoms with E-state index in [4.69, 9.17) is 9.47 Å². The maximum Gasteiger partial charge on any atom is 0.306 e. The molecular weight excluding hydrogens is 584 g/mol. The second kappa shape index (κ2) is 18.7. The van der Waals surface area contributed by atoms with Gasteiger partial charge in [-0.05, 0) is 35.9 Å². The molecule has 44 heavy (non-hydrogen) atoms. The summed E-state index contributed by atoms with van der Waals surface area (Å²) in [6.45, 7) is 9.08. The maximum absolute atomic E-state index is 12.4. The van der Waals surface area contributed by atoms with E-state index in [1.807, 2.05) is 81.4 Å². The van der Waals surface area contributed by atoms with Crippen LogP contribution in [-0.2, 0) is 37.1 Å². The summed E-state index contributed by atoms with van der Waals surface area (Å²) < 4.78 is 10.5. The van der Waals surface area contributed by atoms with Crippen LogP contribution < -0.4 is 5.32 Å². The van der Waals surface area contributed by atoms with Crippen LogP contribution in [0.25, 0.3) is 0 Å². The number of rotatable bonds is 9. The number of nitrogens with zero attached hydrogens (tertiary/aromatic N) is 1. The van der Waals surface area contributed by atoms with Gasteiger partial charge >= 0.3 is 11.9 Å². The summed E-state index contributed by atoms with van der Waals surface area (Å²) in [6.07, 6.45) is 1.13. The van der Waals surface area contributed by atoms with Crippen molar-refractivity contribution in [3.63, 3.8) is 0 Å². The molecule has 2 aliphatic rings. The van der Waals surface area contributed by atoms with E-state index >= 15 is 0 Å². The lowest BCUT2D eigenvalue weighted by atomic mass is 9.88. The highest BCUT2D eigenvalue weighted by Gasteiger charge is 2.33.